The average molecular weight is 276 g/mol. The molecule has 4 heteroatoms. The predicted molar refractivity (Wildman–Crippen MR) is 80.9 cm³/mol. The number of rotatable bonds is 2. The third kappa shape index (κ3) is 1.97. The Labute approximate surface area is 120 Å². The summed E-state index contributed by atoms with van der Waals surface area (Å²) in [4.78, 5) is 4.21. The van der Waals surface area contributed by atoms with Crippen molar-refractivity contribution in [2.75, 3.05) is 0 Å². The van der Waals surface area contributed by atoms with E-state index in [2.05, 4.69) is 4.98 Å². The van der Waals surface area contributed by atoms with Gasteiger partial charge in [0.2, 0.25) is 5.88 Å². The molecule has 0 aliphatic carbocycles. The zero-order chi connectivity index (χ0) is 14.2. The van der Waals surface area contributed by atoms with E-state index in [1.165, 1.54) is 0 Å². The second-order valence-corrected chi connectivity index (χ2v) is 4.79. The largest absolute Gasteiger partial charge is 0.504 e. The highest BCUT2D eigenvalue weighted by molar-refractivity contribution is 5.86. The first-order valence-corrected chi connectivity index (χ1v) is 6.63. The van der Waals surface area contributed by atoms with Crippen molar-refractivity contribution in [3.8, 4) is 17.4 Å². The van der Waals surface area contributed by atoms with Crippen LogP contribution in [0, 0.1) is 0 Å². The van der Waals surface area contributed by atoms with Gasteiger partial charge >= 0.3 is 0 Å². The van der Waals surface area contributed by atoms with Crippen LogP contribution < -0.4 is 4.74 Å². The highest BCUT2D eigenvalue weighted by Gasteiger charge is 2.08. The van der Waals surface area contributed by atoms with Gasteiger partial charge in [-0.1, -0.05) is 30.3 Å². The summed E-state index contributed by atoms with van der Waals surface area (Å²) in [6, 6.07) is 17.0. The van der Waals surface area contributed by atoms with Crippen molar-refractivity contribution in [1.82, 2.24) is 9.38 Å². The van der Waals surface area contributed by atoms with Gasteiger partial charge in [-0.25, -0.2) is 4.98 Å². The van der Waals surface area contributed by atoms with Crippen molar-refractivity contribution in [3.05, 3.63) is 67.0 Å². The monoisotopic (exact) mass is 276 g/mol. The van der Waals surface area contributed by atoms with Gasteiger partial charge < -0.3 is 9.84 Å². The fourth-order valence-electron chi connectivity index (χ4n) is 2.41. The average Bonchev–Trinajstić information content (AvgIpc) is 2.97. The molecular weight excluding hydrogens is 264 g/mol. The van der Waals surface area contributed by atoms with Crippen LogP contribution in [0.5, 0.6) is 17.4 Å². The molecule has 2 aromatic carbocycles. The van der Waals surface area contributed by atoms with Crippen LogP contribution in [-0.2, 0) is 0 Å². The number of aromatic nitrogens is 2. The number of benzene rings is 2. The summed E-state index contributed by atoms with van der Waals surface area (Å²) >= 11 is 0. The van der Waals surface area contributed by atoms with Crippen LogP contribution in [-0.4, -0.2) is 14.5 Å². The van der Waals surface area contributed by atoms with Crippen molar-refractivity contribution in [2.45, 2.75) is 0 Å². The molecule has 0 unspecified atom stereocenters. The van der Waals surface area contributed by atoms with Gasteiger partial charge in [0, 0.05) is 12.4 Å². The van der Waals surface area contributed by atoms with Crippen molar-refractivity contribution in [3.63, 3.8) is 0 Å². The van der Waals surface area contributed by atoms with E-state index in [4.69, 9.17) is 4.74 Å². The van der Waals surface area contributed by atoms with Crippen molar-refractivity contribution in [1.29, 1.82) is 0 Å². The van der Waals surface area contributed by atoms with Crippen LogP contribution in [0.2, 0.25) is 0 Å². The fraction of sp³-hybridized carbons (Fsp3) is 0. The molecule has 1 N–H and O–H groups in total. The first-order valence-electron chi connectivity index (χ1n) is 6.63. The number of ether oxygens (including phenoxy) is 1. The summed E-state index contributed by atoms with van der Waals surface area (Å²) in [7, 11) is 0. The van der Waals surface area contributed by atoms with E-state index in [9.17, 15) is 5.11 Å². The van der Waals surface area contributed by atoms with E-state index in [1.807, 2.05) is 59.1 Å². The second-order valence-electron chi connectivity index (χ2n) is 4.79. The molecule has 0 atom stereocenters. The summed E-state index contributed by atoms with van der Waals surface area (Å²) < 4.78 is 7.69. The van der Waals surface area contributed by atoms with Gasteiger partial charge in [-0.05, 0) is 35.0 Å². The van der Waals surface area contributed by atoms with Crippen molar-refractivity contribution >= 4 is 16.4 Å². The van der Waals surface area contributed by atoms with E-state index >= 15 is 0 Å². The summed E-state index contributed by atoms with van der Waals surface area (Å²) in [5, 5.41) is 12.1. The van der Waals surface area contributed by atoms with Gasteiger partial charge in [0.15, 0.2) is 11.5 Å². The quantitative estimate of drug-likeness (QED) is 0.602. The van der Waals surface area contributed by atoms with Gasteiger partial charge in [-0.15, -0.1) is 0 Å². The topological polar surface area (TPSA) is 46.8 Å². The number of phenolic OH excluding ortho intramolecular Hbond substituents is 1. The van der Waals surface area contributed by atoms with Crippen molar-refractivity contribution < 1.29 is 9.84 Å². The summed E-state index contributed by atoms with van der Waals surface area (Å²) in [5.74, 6) is 1.15. The lowest BCUT2D eigenvalue weighted by Crippen LogP contribution is -1.93. The number of imidazole rings is 1. The molecule has 2 aromatic heterocycles. The highest BCUT2D eigenvalue weighted by atomic mass is 16.5. The molecule has 0 saturated heterocycles. The number of hydrogen-bond acceptors (Lipinski definition) is 3. The Hall–Kier alpha value is -3.01. The zero-order valence-electron chi connectivity index (χ0n) is 11.1. The van der Waals surface area contributed by atoms with Crippen molar-refractivity contribution in [2.24, 2.45) is 0 Å². The lowest BCUT2D eigenvalue weighted by atomic mass is 10.1. The van der Waals surface area contributed by atoms with Gasteiger partial charge in [0.05, 0.1) is 0 Å². The molecule has 2 heterocycles. The van der Waals surface area contributed by atoms with Gasteiger partial charge in [0.1, 0.15) is 5.65 Å². The Morgan fingerprint density at radius 3 is 2.62 bits per heavy atom. The third-order valence-electron chi connectivity index (χ3n) is 3.43. The van der Waals surface area contributed by atoms with E-state index < -0.39 is 0 Å². The molecule has 0 radical (unpaired) electrons. The third-order valence-corrected chi connectivity index (χ3v) is 3.43. The Balaban J connectivity index is 1.83. The maximum absolute atomic E-state index is 10.1. The highest BCUT2D eigenvalue weighted by Crippen LogP contribution is 2.34. The van der Waals surface area contributed by atoms with Gasteiger partial charge in [-0.2, -0.15) is 0 Å². The molecule has 0 aliphatic heterocycles. The maximum atomic E-state index is 10.1. The minimum absolute atomic E-state index is 0.116. The number of fused-ring (bicyclic) bond motifs is 2. The molecule has 21 heavy (non-hydrogen) atoms. The first kappa shape index (κ1) is 11.8. The van der Waals surface area contributed by atoms with Gasteiger partial charge in [0.25, 0.3) is 0 Å². The molecule has 0 fully saturated rings. The maximum Gasteiger partial charge on any atom is 0.205 e. The van der Waals surface area contributed by atoms with Crippen LogP contribution >= 0.6 is 0 Å². The molecule has 4 aromatic rings. The standard InChI is InChI=1S/C17H12N2O2/c20-14-10-12-4-1-2-5-13(12)11-15(14)21-17-7-3-6-16-18-8-9-19(16)17/h1-11,20H. The van der Waals surface area contributed by atoms with E-state index in [0.29, 0.717) is 11.6 Å². The molecule has 4 rings (SSSR count). The van der Waals surface area contributed by atoms with Gasteiger partial charge in [-0.3, -0.25) is 4.40 Å². The number of pyridine rings is 1. The molecule has 0 spiro atoms. The summed E-state index contributed by atoms with van der Waals surface area (Å²) in [5.41, 5.74) is 0.799. The van der Waals surface area contributed by atoms with Crippen LogP contribution in [0.4, 0.5) is 0 Å². The lowest BCUT2D eigenvalue weighted by Gasteiger charge is -2.10. The normalized spacial score (nSPS) is 11.0. The Morgan fingerprint density at radius 2 is 1.76 bits per heavy atom. The number of nitrogens with zero attached hydrogens (tertiary/aromatic N) is 2. The molecular formula is C17H12N2O2. The Bertz CT molecular complexity index is 944. The predicted octanol–water partition coefficient (Wildman–Crippen LogP) is 3.99. The first-order chi connectivity index (χ1) is 10.3. The number of aromatic hydroxyl groups is 1. The van der Waals surface area contributed by atoms with E-state index in [0.717, 1.165) is 16.4 Å². The van der Waals surface area contributed by atoms with Crippen LogP contribution in [0.1, 0.15) is 0 Å². The minimum atomic E-state index is 0.116. The molecule has 102 valence electrons. The van der Waals surface area contributed by atoms with E-state index in [-0.39, 0.29) is 5.75 Å². The summed E-state index contributed by atoms with van der Waals surface area (Å²) in [6.07, 6.45) is 3.53. The van der Waals surface area contributed by atoms with Crippen LogP contribution in [0.25, 0.3) is 16.4 Å². The molecule has 0 aliphatic rings. The molecule has 0 bridgehead atoms. The summed E-state index contributed by atoms with van der Waals surface area (Å²) in [6.45, 7) is 0. The molecule has 0 amide bonds. The Kier molecular flexibility index (Phi) is 2.54. The number of hydrogen-bond donors (Lipinski definition) is 1. The lowest BCUT2D eigenvalue weighted by molar-refractivity contribution is 0.401. The van der Waals surface area contributed by atoms with Crippen LogP contribution in [0.3, 0.4) is 0 Å². The minimum Gasteiger partial charge on any atom is -0.504 e. The SMILES string of the molecule is Oc1cc2ccccc2cc1Oc1cccc2nccn12. The second kappa shape index (κ2) is 4.52. The fourth-order valence-corrected chi connectivity index (χ4v) is 2.41. The zero-order valence-corrected chi connectivity index (χ0v) is 11.1. The smallest absolute Gasteiger partial charge is 0.205 e. The number of phenols is 1. The van der Waals surface area contributed by atoms with E-state index in [1.54, 1.807) is 12.3 Å². The Morgan fingerprint density at radius 1 is 0.952 bits per heavy atom. The molecule has 0 saturated carbocycles. The van der Waals surface area contributed by atoms with Crippen LogP contribution in [0.15, 0.2) is 67.0 Å². The molecule has 4 nitrogen and oxygen atoms in total.